The fraction of sp³-hybridized carbons (Fsp3) is 0.350. The van der Waals surface area contributed by atoms with E-state index in [-0.39, 0.29) is 5.91 Å². The van der Waals surface area contributed by atoms with Gasteiger partial charge in [0.1, 0.15) is 11.8 Å². The van der Waals surface area contributed by atoms with Gasteiger partial charge in [0.15, 0.2) is 0 Å². The van der Waals surface area contributed by atoms with Crippen LogP contribution in [0.15, 0.2) is 48.5 Å². The van der Waals surface area contributed by atoms with Crippen LogP contribution in [0.25, 0.3) is 0 Å². The zero-order chi connectivity index (χ0) is 20.0. The fourth-order valence-electron chi connectivity index (χ4n) is 2.88. The lowest BCUT2D eigenvalue weighted by Gasteiger charge is -2.29. The molecule has 2 aromatic carbocycles. The van der Waals surface area contributed by atoms with Gasteiger partial charge in [-0.2, -0.15) is 0 Å². The standard InChI is InChI=1S/C20H26N2O4S/c1-15-10-11-19(26-3)18(14-15)22(27(4,24)25)16(2)20(23)21-13-12-17-8-6-5-7-9-17/h5-11,14,16H,12-13H2,1-4H3,(H,21,23)/t16-/m1/s1. The molecule has 0 radical (unpaired) electrons. The molecule has 0 saturated carbocycles. The average Bonchev–Trinajstić information content (AvgIpc) is 2.61. The number of hydrogen-bond acceptors (Lipinski definition) is 4. The van der Waals surface area contributed by atoms with Crippen molar-refractivity contribution in [3.63, 3.8) is 0 Å². The maximum absolute atomic E-state index is 12.6. The van der Waals surface area contributed by atoms with Crippen LogP contribution in [0.2, 0.25) is 0 Å². The zero-order valence-electron chi connectivity index (χ0n) is 16.1. The second-order valence-electron chi connectivity index (χ2n) is 6.44. The molecule has 2 rings (SSSR count). The Balaban J connectivity index is 2.19. The van der Waals surface area contributed by atoms with Gasteiger partial charge in [0.2, 0.25) is 15.9 Å². The van der Waals surface area contributed by atoms with E-state index in [4.69, 9.17) is 4.74 Å². The number of anilines is 1. The fourth-order valence-corrected chi connectivity index (χ4v) is 4.05. The molecule has 6 nitrogen and oxygen atoms in total. The first-order valence-corrected chi connectivity index (χ1v) is 10.5. The number of carbonyl (C=O) groups is 1. The number of methoxy groups -OCH3 is 1. The third-order valence-electron chi connectivity index (χ3n) is 4.22. The van der Waals surface area contributed by atoms with Gasteiger partial charge in [-0.15, -0.1) is 0 Å². The molecule has 0 unspecified atom stereocenters. The summed E-state index contributed by atoms with van der Waals surface area (Å²) in [6.07, 6.45) is 1.76. The van der Waals surface area contributed by atoms with Crippen molar-refractivity contribution in [1.29, 1.82) is 0 Å². The lowest BCUT2D eigenvalue weighted by molar-refractivity contribution is -0.121. The summed E-state index contributed by atoms with van der Waals surface area (Å²) in [5.74, 6) is 0.0369. The molecule has 0 aliphatic carbocycles. The van der Waals surface area contributed by atoms with Crippen LogP contribution in [0.4, 0.5) is 5.69 Å². The van der Waals surface area contributed by atoms with Gasteiger partial charge in [0.25, 0.3) is 0 Å². The summed E-state index contributed by atoms with van der Waals surface area (Å²) in [4.78, 5) is 12.6. The van der Waals surface area contributed by atoms with Crippen molar-refractivity contribution in [1.82, 2.24) is 5.32 Å². The van der Waals surface area contributed by atoms with E-state index in [0.29, 0.717) is 24.4 Å². The summed E-state index contributed by atoms with van der Waals surface area (Å²) >= 11 is 0. The van der Waals surface area contributed by atoms with Crippen LogP contribution in [0.5, 0.6) is 5.75 Å². The number of nitrogens with one attached hydrogen (secondary N) is 1. The number of ether oxygens (including phenoxy) is 1. The number of benzene rings is 2. The van der Waals surface area contributed by atoms with E-state index >= 15 is 0 Å². The lowest BCUT2D eigenvalue weighted by Crippen LogP contribution is -2.48. The van der Waals surface area contributed by atoms with Crippen LogP contribution in [0.1, 0.15) is 18.1 Å². The Labute approximate surface area is 161 Å². The number of amides is 1. The first kappa shape index (κ1) is 20.8. The van der Waals surface area contributed by atoms with Crippen LogP contribution in [0.3, 0.4) is 0 Å². The Kier molecular flexibility index (Phi) is 6.85. The molecular formula is C20H26N2O4S. The highest BCUT2D eigenvalue weighted by atomic mass is 32.2. The number of rotatable bonds is 8. The largest absolute Gasteiger partial charge is 0.495 e. The van der Waals surface area contributed by atoms with E-state index in [9.17, 15) is 13.2 Å². The van der Waals surface area contributed by atoms with Gasteiger partial charge in [-0.05, 0) is 43.5 Å². The molecule has 146 valence electrons. The highest BCUT2D eigenvalue weighted by molar-refractivity contribution is 7.92. The summed E-state index contributed by atoms with van der Waals surface area (Å²) < 4.78 is 31.3. The quantitative estimate of drug-likeness (QED) is 0.751. The van der Waals surface area contributed by atoms with Crippen LogP contribution in [-0.2, 0) is 21.2 Å². The van der Waals surface area contributed by atoms with Crippen LogP contribution >= 0.6 is 0 Å². The van der Waals surface area contributed by atoms with Crippen LogP contribution < -0.4 is 14.4 Å². The van der Waals surface area contributed by atoms with Gasteiger partial charge in [0, 0.05) is 6.54 Å². The van der Waals surface area contributed by atoms with Gasteiger partial charge in [-0.3, -0.25) is 9.10 Å². The Morgan fingerprint density at radius 3 is 2.44 bits per heavy atom. The predicted octanol–water partition coefficient (Wildman–Crippen LogP) is 2.52. The Hall–Kier alpha value is -2.54. The average molecular weight is 391 g/mol. The summed E-state index contributed by atoms with van der Waals surface area (Å²) in [7, 11) is -2.22. The van der Waals surface area contributed by atoms with Crippen molar-refractivity contribution >= 4 is 21.6 Å². The minimum atomic E-state index is -3.70. The summed E-state index contributed by atoms with van der Waals surface area (Å²) in [6.45, 7) is 3.85. The second-order valence-corrected chi connectivity index (χ2v) is 8.30. The molecule has 1 atom stereocenters. The molecular weight excluding hydrogens is 364 g/mol. The molecule has 2 aromatic rings. The third-order valence-corrected chi connectivity index (χ3v) is 5.44. The summed E-state index contributed by atoms with van der Waals surface area (Å²) in [5.41, 5.74) is 2.33. The normalized spacial score (nSPS) is 12.3. The first-order valence-electron chi connectivity index (χ1n) is 8.69. The molecule has 0 saturated heterocycles. The van der Waals surface area contributed by atoms with Gasteiger partial charge in [0.05, 0.1) is 19.1 Å². The number of hydrogen-bond donors (Lipinski definition) is 1. The molecule has 7 heteroatoms. The first-order chi connectivity index (χ1) is 12.7. The maximum Gasteiger partial charge on any atom is 0.243 e. The SMILES string of the molecule is COc1ccc(C)cc1N([C@H](C)C(=O)NCCc1ccccc1)S(C)(=O)=O. The number of sulfonamides is 1. The minimum absolute atomic E-state index is 0.353. The molecule has 1 N–H and O–H groups in total. The molecule has 0 aliphatic heterocycles. The van der Waals surface area contributed by atoms with Crippen molar-refractivity contribution in [2.75, 3.05) is 24.2 Å². The van der Waals surface area contributed by atoms with E-state index in [2.05, 4.69) is 5.32 Å². The smallest absolute Gasteiger partial charge is 0.243 e. The maximum atomic E-state index is 12.6. The van der Waals surface area contributed by atoms with Gasteiger partial charge >= 0.3 is 0 Å². The Morgan fingerprint density at radius 2 is 1.85 bits per heavy atom. The lowest BCUT2D eigenvalue weighted by atomic mass is 10.1. The van der Waals surface area contributed by atoms with E-state index in [0.717, 1.165) is 21.7 Å². The second kappa shape index (κ2) is 8.90. The topological polar surface area (TPSA) is 75.7 Å². The Bertz CT molecular complexity index is 882. The van der Waals surface area contributed by atoms with Crippen molar-refractivity contribution in [3.8, 4) is 5.75 Å². The zero-order valence-corrected chi connectivity index (χ0v) is 16.9. The molecule has 0 aromatic heterocycles. The van der Waals surface area contributed by atoms with Crippen molar-refractivity contribution < 1.29 is 17.9 Å². The van der Waals surface area contributed by atoms with Crippen molar-refractivity contribution in [2.24, 2.45) is 0 Å². The van der Waals surface area contributed by atoms with Gasteiger partial charge in [-0.25, -0.2) is 8.42 Å². The van der Waals surface area contributed by atoms with Crippen LogP contribution in [-0.4, -0.2) is 40.3 Å². The number of aryl methyl sites for hydroxylation is 1. The van der Waals surface area contributed by atoms with Crippen molar-refractivity contribution in [2.45, 2.75) is 26.3 Å². The molecule has 0 heterocycles. The molecule has 0 spiro atoms. The Morgan fingerprint density at radius 1 is 1.19 bits per heavy atom. The highest BCUT2D eigenvalue weighted by Gasteiger charge is 2.31. The van der Waals surface area contributed by atoms with Crippen molar-refractivity contribution in [3.05, 3.63) is 59.7 Å². The monoisotopic (exact) mass is 390 g/mol. The number of nitrogens with zero attached hydrogens (tertiary/aromatic N) is 1. The summed E-state index contributed by atoms with van der Waals surface area (Å²) in [6, 6.07) is 14.1. The van der Waals surface area contributed by atoms with E-state index in [1.807, 2.05) is 43.3 Å². The van der Waals surface area contributed by atoms with Gasteiger partial charge < -0.3 is 10.1 Å². The van der Waals surface area contributed by atoms with E-state index in [1.54, 1.807) is 19.1 Å². The molecule has 1 amide bonds. The minimum Gasteiger partial charge on any atom is -0.495 e. The number of carbonyl (C=O) groups excluding carboxylic acids is 1. The highest BCUT2D eigenvalue weighted by Crippen LogP contribution is 2.32. The molecule has 0 bridgehead atoms. The van der Waals surface area contributed by atoms with E-state index < -0.39 is 16.1 Å². The third kappa shape index (κ3) is 5.47. The molecule has 0 aliphatic rings. The van der Waals surface area contributed by atoms with Crippen LogP contribution in [0, 0.1) is 6.92 Å². The predicted molar refractivity (Wildman–Crippen MR) is 108 cm³/mol. The molecule has 27 heavy (non-hydrogen) atoms. The molecule has 0 fully saturated rings. The summed E-state index contributed by atoms with van der Waals surface area (Å²) in [5, 5.41) is 2.82. The van der Waals surface area contributed by atoms with E-state index in [1.165, 1.54) is 7.11 Å². The van der Waals surface area contributed by atoms with Gasteiger partial charge in [-0.1, -0.05) is 36.4 Å².